The largest absolute Gasteiger partial charge is 0.381 e. The summed E-state index contributed by atoms with van der Waals surface area (Å²) in [5, 5.41) is 6.81. The van der Waals surface area contributed by atoms with Gasteiger partial charge in [0, 0.05) is 53.1 Å². The maximum Gasteiger partial charge on any atom is 0.190 e. The smallest absolute Gasteiger partial charge is 0.190 e. The third-order valence-corrected chi connectivity index (χ3v) is 5.61. The van der Waals surface area contributed by atoms with E-state index in [0.717, 1.165) is 70.7 Å². The van der Waals surface area contributed by atoms with Crippen molar-refractivity contribution in [2.24, 2.45) is 16.8 Å². The van der Waals surface area contributed by atoms with E-state index in [1.54, 1.807) is 0 Å². The maximum absolute atomic E-state index is 5.81. The molecule has 6 nitrogen and oxygen atoms in total. The Kier molecular flexibility index (Phi) is 11.8. The van der Waals surface area contributed by atoms with E-state index in [1.165, 1.54) is 45.3 Å². The molecule has 2 aliphatic heterocycles. The van der Waals surface area contributed by atoms with Crippen LogP contribution < -0.4 is 10.6 Å². The van der Waals surface area contributed by atoms with Crippen molar-refractivity contribution < 1.29 is 9.47 Å². The summed E-state index contributed by atoms with van der Waals surface area (Å²) in [4.78, 5) is 6.93. The van der Waals surface area contributed by atoms with Gasteiger partial charge in [0.1, 0.15) is 0 Å². The summed E-state index contributed by atoms with van der Waals surface area (Å²) in [6, 6.07) is 0. The summed E-state index contributed by atoms with van der Waals surface area (Å²) < 4.78 is 11.2. The summed E-state index contributed by atoms with van der Waals surface area (Å²) >= 11 is 0. The van der Waals surface area contributed by atoms with Crippen LogP contribution in [0.3, 0.4) is 0 Å². The van der Waals surface area contributed by atoms with Crippen LogP contribution in [-0.2, 0) is 9.47 Å². The third kappa shape index (κ3) is 10.3. The van der Waals surface area contributed by atoms with E-state index in [-0.39, 0.29) is 0 Å². The lowest BCUT2D eigenvalue weighted by Gasteiger charge is -2.30. The van der Waals surface area contributed by atoms with Gasteiger partial charge in [-0.15, -0.1) is 0 Å². The molecule has 2 N–H and O–H groups in total. The molecule has 1 unspecified atom stereocenters. The summed E-state index contributed by atoms with van der Waals surface area (Å²) in [5.74, 6) is 2.47. The molecule has 2 aliphatic rings. The van der Waals surface area contributed by atoms with E-state index in [9.17, 15) is 0 Å². The van der Waals surface area contributed by atoms with E-state index < -0.39 is 0 Å². The first kappa shape index (κ1) is 22.4. The fourth-order valence-corrected chi connectivity index (χ4v) is 3.92. The fraction of sp³-hybridized carbons (Fsp3) is 0.952. The van der Waals surface area contributed by atoms with Gasteiger partial charge in [0.15, 0.2) is 5.96 Å². The summed E-state index contributed by atoms with van der Waals surface area (Å²) in [5.41, 5.74) is 0. The minimum absolute atomic E-state index is 0.689. The van der Waals surface area contributed by atoms with Gasteiger partial charge in [-0.3, -0.25) is 4.99 Å². The van der Waals surface area contributed by atoms with Gasteiger partial charge in [0.2, 0.25) is 0 Å². The second-order valence-corrected chi connectivity index (χ2v) is 8.17. The molecule has 0 saturated carbocycles. The van der Waals surface area contributed by atoms with Gasteiger partial charge in [0.05, 0.1) is 0 Å². The summed E-state index contributed by atoms with van der Waals surface area (Å²) in [6.45, 7) is 11.6. The lowest BCUT2D eigenvalue weighted by Crippen LogP contribution is -2.39. The van der Waals surface area contributed by atoms with Crippen LogP contribution >= 0.6 is 0 Å². The normalized spacial score (nSPS) is 22.7. The number of likely N-dealkylation sites (tertiary alicyclic amines) is 1. The highest BCUT2D eigenvalue weighted by atomic mass is 16.5. The molecule has 6 heteroatoms. The van der Waals surface area contributed by atoms with E-state index in [1.807, 2.05) is 7.05 Å². The molecule has 0 aromatic heterocycles. The van der Waals surface area contributed by atoms with Crippen LogP contribution in [0.2, 0.25) is 0 Å². The third-order valence-electron chi connectivity index (χ3n) is 5.61. The number of rotatable bonds is 11. The minimum Gasteiger partial charge on any atom is -0.381 e. The predicted molar refractivity (Wildman–Crippen MR) is 112 cm³/mol. The van der Waals surface area contributed by atoms with Crippen molar-refractivity contribution in [3.8, 4) is 0 Å². The van der Waals surface area contributed by atoms with Crippen molar-refractivity contribution in [2.45, 2.75) is 51.9 Å². The monoisotopic (exact) mass is 382 g/mol. The Bertz CT molecular complexity index is 400. The highest BCUT2D eigenvalue weighted by Crippen LogP contribution is 2.16. The maximum atomic E-state index is 5.81. The minimum atomic E-state index is 0.689. The Morgan fingerprint density at radius 2 is 1.89 bits per heavy atom. The van der Waals surface area contributed by atoms with Gasteiger partial charge >= 0.3 is 0 Å². The van der Waals surface area contributed by atoms with E-state index in [0.29, 0.717) is 5.92 Å². The topological polar surface area (TPSA) is 58.1 Å². The molecule has 2 fully saturated rings. The molecular weight excluding hydrogens is 340 g/mol. The van der Waals surface area contributed by atoms with Crippen LogP contribution in [0.15, 0.2) is 4.99 Å². The fourth-order valence-electron chi connectivity index (χ4n) is 3.92. The van der Waals surface area contributed by atoms with Crippen molar-refractivity contribution in [3.05, 3.63) is 0 Å². The first-order chi connectivity index (χ1) is 13.3. The number of hydrogen-bond donors (Lipinski definition) is 2. The van der Waals surface area contributed by atoms with E-state index >= 15 is 0 Å². The standard InChI is InChI=1S/C21H42N4O2/c1-19-7-5-13-25(17-19)12-4-3-10-23-21(22-2)24-11-6-14-27-18-20-8-15-26-16-9-20/h19-20H,3-18H2,1-2H3,(H2,22,23,24). The number of hydrogen-bond acceptors (Lipinski definition) is 4. The summed E-state index contributed by atoms with van der Waals surface area (Å²) in [7, 11) is 1.84. The van der Waals surface area contributed by atoms with Crippen LogP contribution in [0.25, 0.3) is 0 Å². The zero-order valence-corrected chi connectivity index (χ0v) is 17.7. The first-order valence-corrected chi connectivity index (χ1v) is 11.1. The molecule has 0 bridgehead atoms. The van der Waals surface area contributed by atoms with Gasteiger partial charge in [-0.25, -0.2) is 0 Å². The number of ether oxygens (including phenoxy) is 2. The molecule has 2 saturated heterocycles. The number of guanidine groups is 1. The molecule has 0 amide bonds. The predicted octanol–water partition coefficient (Wildman–Crippen LogP) is 2.50. The average Bonchev–Trinajstić information content (AvgIpc) is 2.69. The molecule has 0 radical (unpaired) electrons. The highest BCUT2D eigenvalue weighted by Gasteiger charge is 2.15. The summed E-state index contributed by atoms with van der Waals surface area (Å²) in [6.07, 6.45) is 8.53. The van der Waals surface area contributed by atoms with Gasteiger partial charge in [0.25, 0.3) is 0 Å². The molecule has 0 aromatic rings. The lowest BCUT2D eigenvalue weighted by atomic mass is 10.0. The number of unbranched alkanes of at least 4 members (excludes halogenated alkanes) is 1. The molecular formula is C21H42N4O2. The van der Waals surface area contributed by atoms with Crippen LogP contribution in [0.5, 0.6) is 0 Å². The second-order valence-electron chi connectivity index (χ2n) is 8.17. The second kappa shape index (κ2) is 14.2. The molecule has 0 spiro atoms. The number of aliphatic imine (C=N–C) groups is 1. The Labute approximate surface area is 166 Å². The lowest BCUT2D eigenvalue weighted by molar-refractivity contribution is 0.0203. The van der Waals surface area contributed by atoms with E-state index in [4.69, 9.17) is 9.47 Å². The van der Waals surface area contributed by atoms with Crippen LogP contribution in [0, 0.1) is 11.8 Å². The average molecular weight is 383 g/mol. The zero-order valence-electron chi connectivity index (χ0n) is 17.7. The van der Waals surface area contributed by atoms with Crippen molar-refractivity contribution in [1.29, 1.82) is 0 Å². The molecule has 27 heavy (non-hydrogen) atoms. The molecule has 2 rings (SSSR count). The van der Waals surface area contributed by atoms with Gasteiger partial charge in [-0.1, -0.05) is 6.92 Å². The Balaban J connectivity index is 1.40. The van der Waals surface area contributed by atoms with Crippen LogP contribution in [0.4, 0.5) is 0 Å². The Hall–Kier alpha value is -0.850. The quantitative estimate of drug-likeness (QED) is 0.327. The molecule has 0 aromatic carbocycles. The Morgan fingerprint density at radius 3 is 2.63 bits per heavy atom. The van der Waals surface area contributed by atoms with Gasteiger partial charge in [-0.2, -0.15) is 0 Å². The zero-order chi connectivity index (χ0) is 19.2. The van der Waals surface area contributed by atoms with Gasteiger partial charge in [-0.05, 0) is 69.9 Å². The SMILES string of the molecule is CN=C(NCCCCN1CCCC(C)C1)NCCCOCC1CCOCC1. The van der Waals surface area contributed by atoms with Crippen molar-refractivity contribution in [1.82, 2.24) is 15.5 Å². The van der Waals surface area contributed by atoms with Gasteiger partial charge < -0.3 is 25.0 Å². The van der Waals surface area contributed by atoms with E-state index in [2.05, 4.69) is 27.4 Å². The number of piperidine rings is 1. The van der Waals surface area contributed by atoms with Crippen LogP contribution in [0.1, 0.15) is 51.9 Å². The molecule has 158 valence electrons. The molecule has 0 aliphatic carbocycles. The van der Waals surface area contributed by atoms with Crippen molar-refractivity contribution in [3.63, 3.8) is 0 Å². The number of nitrogens with one attached hydrogen (secondary N) is 2. The Morgan fingerprint density at radius 1 is 1.11 bits per heavy atom. The van der Waals surface area contributed by atoms with Crippen molar-refractivity contribution >= 4 is 5.96 Å². The van der Waals surface area contributed by atoms with Crippen molar-refractivity contribution in [2.75, 3.05) is 66.2 Å². The van der Waals surface area contributed by atoms with Crippen LogP contribution in [-0.4, -0.2) is 77.1 Å². The number of nitrogens with zero attached hydrogens (tertiary/aromatic N) is 2. The highest BCUT2D eigenvalue weighted by molar-refractivity contribution is 5.79. The molecule has 1 atom stereocenters. The first-order valence-electron chi connectivity index (χ1n) is 11.1. The molecule has 2 heterocycles.